The minimum absolute atomic E-state index is 0.263. The van der Waals surface area contributed by atoms with Crippen LogP contribution in [0.2, 0.25) is 0 Å². The fourth-order valence-corrected chi connectivity index (χ4v) is 2.72. The molecule has 1 amide bonds. The third kappa shape index (κ3) is 5.42. The van der Waals surface area contributed by atoms with E-state index in [-0.39, 0.29) is 11.9 Å². The van der Waals surface area contributed by atoms with E-state index in [9.17, 15) is 9.59 Å². The second-order valence-electron chi connectivity index (χ2n) is 6.36. The molecule has 3 aromatic rings. The molecule has 29 heavy (non-hydrogen) atoms. The average molecular weight is 389 g/mol. The fourth-order valence-electron chi connectivity index (χ4n) is 2.72. The molecular formula is C23H23N3O3. The topological polar surface area (TPSA) is 80.3 Å². The molecule has 6 nitrogen and oxygen atoms in total. The average Bonchev–Trinajstić information content (AvgIpc) is 2.75. The highest BCUT2D eigenvalue weighted by atomic mass is 16.5. The normalized spacial score (nSPS) is 10.3. The number of hydrogen-bond donors (Lipinski definition) is 2. The summed E-state index contributed by atoms with van der Waals surface area (Å²) in [4.78, 5) is 28.5. The Kier molecular flexibility index (Phi) is 6.58. The largest absolute Gasteiger partial charge is 0.462 e. The lowest BCUT2D eigenvalue weighted by Gasteiger charge is -2.09. The Labute approximate surface area is 169 Å². The first-order chi connectivity index (χ1) is 14.1. The van der Waals surface area contributed by atoms with Gasteiger partial charge in [0.1, 0.15) is 5.82 Å². The van der Waals surface area contributed by atoms with Gasteiger partial charge in [0.15, 0.2) is 0 Å². The van der Waals surface area contributed by atoms with Crippen molar-refractivity contribution in [2.75, 3.05) is 17.2 Å². The third-order valence-corrected chi connectivity index (χ3v) is 4.31. The molecule has 0 aliphatic rings. The highest BCUT2D eigenvalue weighted by molar-refractivity contribution is 6.04. The molecule has 148 valence electrons. The second kappa shape index (κ2) is 9.50. The van der Waals surface area contributed by atoms with Crippen molar-refractivity contribution >= 4 is 29.1 Å². The van der Waals surface area contributed by atoms with Gasteiger partial charge in [-0.05, 0) is 67.4 Å². The zero-order valence-corrected chi connectivity index (χ0v) is 16.4. The maximum atomic E-state index is 12.6. The van der Waals surface area contributed by atoms with Crippen LogP contribution in [0, 0.1) is 0 Å². The van der Waals surface area contributed by atoms with Crippen LogP contribution in [0.15, 0.2) is 66.9 Å². The molecule has 1 heterocycles. The number of rotatable bonds is 7. The molecule has 0 saturated heterocycles. The number of anilines is 3. The van der Waals surface area contributed by atoms with E-state index in [2.05, 4.69) is 34.7 Å². The van der Waals surface area contributed by atoms with Crippen LogP contribution in [0.3, 0.4) is 0 Å². The Morgan fingerprint density at radius 2 is 1.59 bits per heavy atom. The van der Waals surface area contributed by atoms with Crippen LogP contribution >= 0.6 is 0 Å². The van der Waals surface area contributed by atoms with Gasteiger partial charge in [0, 0.05) is 23.1 Å². The number of nitrogens with one attached hydrogen (secondary N) is 2. The summed E-state index contributed by atoms with van der Waals surface area (Å²) in [5, 5.41) is 6.02. The lowest BCUT2D eigenvalue weighted by atomic mass is 10.1. The summed E-state index contributed by atoms with van der Waals surface area (Å²) in [5.41, 5.74) is 3.66. The quantitative estimate of drug-likeness (QED) is 0.567. The molecule has 3 rings (SSSR count). The Morgan fingerprint density at radius 1 is 0.897 bits per heavy atom. The van der Waals surface area contributed by atoms with Crippen molar-refractivity contribution in [3.63, 3.8) is 0 Å². The van der Waals surface area contributed by atoms with E-state index in [1.54, 1.807) is 49.5 Å². The van der Waals surface area contributed by atoms with E-state index in [1.807, 2.05) is 12.1 Å². The van der Waals surface area contributed by atoms with Gasteiger partial charge >= 0.3 is 5.97 Å². The van der Waals surface area contributed by atoms with Crippen LogP contribution in [0.25, 0.3) is 0 Å². The summed E-state index contributed by atoms with van der Waals surface area (Å²) in [7, 11) is 0. The maximum absolute atomic E-state index is 12.6. The number of amides is 1. The molecule has 2 N–H and O–H groups in total. The van der Waals surface area contributed by atoms with E-state index in [4.69, 9.17) is 4.74 Å². The maximum Gasteiger partial charge on any atom is 0.338 e. The smallest absolute Gasteiger partial charge is 0.338 e. The second-order valence-corrected chi connectivity index (χ2v) is 6.36. The fraction of sp³-hybridized carbons (Fsp3) is 0.174. The highest BCUT2D eigenvalue weighted by Crippen LogP contribution is 2.18. The van der Waals surface area contributed by atoms with E-state index in [0.29, 0.717) is 29.2 Å². The van der Waals surface area contributed by atoms with Gasteiger partial charge in [-0.3, -0.25) is 4.79 Å². The molecule has 1 aromatic heterocycles. The van der Waals surface area contributed by atoms with Gasteiger partial charge in [-0.25, -0.2) is 9.78 Å². The number of carbonyl (C=O) groups excluding carboxylic acids is 2. The van der Waals surface area contributed by atoms with Crippen molar-refractivity contribution in [1.82, 2.24) is 4.98 Å². The molecule has 0 aliphatic carbocycles. The number of nitrogens with zero attached hydrogens (tertiary/aromatic N) is 1. The molecule has 0 bridgehead atoms. The zero-order valence-electron chi connectivity index (χ0n) is 16.4. The van der Waals surface area contributed by atoms with Crippen LogP contribution < -0.4 is 10.6 Å². The molecule has 2 aromatic carbocycles. The molecule has 0 unspecified atom stereocenters. The summed E-state index contributed by atoms with van der Waals surface area (Å²) in [5.74, 6) is -0.0672. The van der Waals surface area contributed by atoms with Crippen molar-refractivity contribution in [2.45, 2.75) is 20.3 Å². The minimum atomic E-state index is -0.387. The highest BCUT2D eigenvalue weighted by Gasteiger charge is 2.10. The molecule has 0 saturated carbocycles. The van der Waals surface area contributed by atoms with Gasteiger partial charge in [-0.15, -0.1) is 0 Å². The Hall–Kier alpha value is -3.67. The van der Waals surface area contributed by atoms with Gasteiger partial charge in [0.25, 0.3) is 5.91 Å². The van der Waals surface area contributed by atoms with Crippen molar-refractivity contribution in [1.29, 1.82) is 0 Å². The number of aromatic nitrogens is 1. The number of pyridine rings is 1. The van der Waals surface area contributed by atoms with Crippen LogP contribution in [0.1, 0.15) is 40.1 Å². The van der Waals surface area contributed by atoms with Crippen molar-refractivity contribution in [3.05, 3.63) is 83.6 Å². The Bertz CT molecular complexity index is 983. The van der Waals surface area contributed by atoms with Crippen LogP contribution in [0.5, 0.6) is 0 Å². The molecule has 0 spiro atoms. The van der Waals surface area contributed by atoms with Gasteiger partial charge < -0.3 is 15.4 Å². The third-order valence-electron chi connectivity index (χ3n) is 4.31. The number of carbonyl (C=O) groups is 2. The first kappa shape index (κ1) is 20.1. The van der Waals surface area contributed by atoms with Crippen LogP contribution in [0.4, 0.5) is 17.2 Å². The summed E-state index contributed by atoms with van der Waals surface area (Å²) in [6.45, 7) is 4.18. The van der Waals surface area contributed by atoms with E-state index >= 15 is 0 Å². The predicted molar refractivity (Wildman–Crippen MR) is 114 cm³/mol. The lowest BCUT2D eigenvalue weighted by Crippen LogP contribution is -2.12. The van der Waals surface area contributed by atoms with Crippen molar-refractivity contribution < 1.29 is 14.3 Å². The first-order valence-corrected chi connectivity index (χ1v) is 9.49. The molecule has 0 aliphatic heterocycles. The van der Waals surface area contributed by atoms with Gasteiger partial charge in [0.05, 0.1) is 12.2 Å². The minimum Gasteiger partial charge on any atom is -0.462 e. The Balaban J connectivity index is 1.66. The first-order valence-electron chi connectivity index (χ1n) is 9.49. The summed E-state index contributed by atoms with van der Waals surface area (Å²) in [6.07, 6.45) is 2.57. The van der Waals surface area contributed by atoms with Crippen molar-refractivity contribution in [2.24, 2.45) is 0 Å². The van der Waals surface area contributed by atoms with Gasteiger partial charge in [-0.2, -0.15) is 0 Å². The number of benzene rings is 2. The van der Waals surface area contributed by atoms with E-state index < -0.39 is 0 Å². The number of hydrogen-bond acceptors (Lipinski definition) is 5. The van der Waals surface area contributed by atoms with Gasteiger partial charge in [-0.1, -0.05) is 19.1 Å². The molecular weight excluding hydrogens is 366 g/mol. The molecule has 6 heteroatoms. The molecule has 0 atom stereocenters. The van der Waals surface area contributed by atoms with Gasteiger partial charge in [0.2, 0.25) is 0 Å². The zero-order chi connectivity index (χ0) is 20.6. The summed E-state index contributed by atoms with van der Waals surface area (Å²) < 4.78 is 4.95. The van der Waals surface area contributed by atoms with E-state index in [0.717, 1.165) is 12.1 Å². The molecule has 0 fully saturated rings. The number of esters is 1. The Morgan fingerprint density at radius 3 is 2.24 bits per heavy atom. The standard InChI is InChI=1S/C23H23N3O3/c1-3-16-5-9-19(10-6-16)25-21-15-18(13-14-24-21)22(27)26-20-11-7-17(8-12-20)23(28)29-4-2/h5-15H,3-4H2,1-2H3,(H,24,25)(H,26,27). The SMILES string of the molecule is CCOC(=O)c1ccc(NC(=O)c2ccnc(Nc3ccc(CC)cc3)c2)cc1. The van der Waals surface area contributed by atoms with Crippen molar-refractivity contribution in [3.8, 4) is 0 Å². The van der Waals surface area contributed by atoms with E-state index in [1.165, 1.54) is 5.56 Å². The monoisotopic (exact) mass is 389 g/mol. The predicted octanol–water partition coefficient (Wildman–Crippen LogP) is 4.82. The summed E-state index contributed by atoms with van der Waals surface area (Å²) >= 11 is 0. The van der Waals surface area contributed by atoms with Crippen LogP contribution in [-0.4, -0.2) is 23.5 Å². The van der Waals surface area contributed by atoms with Crippen LogP contribution in [-0.2, 0) is 11.2 Å². The summed E-state index contributed by atoms with van der Waals surface area (Å²) in [6, 6.07) is 18.0. The number of ether oxygens (including phenoxy) is 1. The lowest BCUT2D eigenvalue weighted by molar-refractivity contribution is 0.0526. The molecule has 0 radical (unpaired) electrons. The number of aryl methyl sites for hydroxylation is 1.